The molecule has 1 aromatic carbocycles. The van der Waals surface area contributed by atoms with Gasteiger partial charge in [-0.05, 0) is 23.6 Å². The lowest BCUT2D eigenvalue weighted by molar-refractivity contribution is -0.131. The van der Waals surface area contributed by atoms with Gasteiger partial charge in [0, 0.05) is 48.6 Å². The maximum absolute atomic E-state index is 13.1. The van der Waals surface area contributed by atoms with E-state index in [4.69, 9.17) is 9.47 Å². The number of fused-ring (bicyclic) bond motifs is 1. The Hall–Kier alpha value is -2.47. The maximum atomic E-state index is 13.1. The number of carbonyl (C=O) groups is 1. The summed E-state index contributed by atoms with van der Waals surface area (Å²) < 4.78 is 38.5. The van der Waals surface area contributed by atoms with E-state index in [0.717, 1.165) is 16.3 Å². The number of piperazine rings is 1. The predicted molar refractivity (Wildman–Crippen MR) is 122 cm³/mol. The normalized spacial score (nSPS) is 16.8. The van der Waals surface area contributed by atoms with E-state index in [9.17, 15) is 13.2 Å². The largest absolute Gasteiger partial charge is 0.486 e. The molecule has 2 aliphatic heterocycles. The molecule has 168 valence electrons. The Balaban J connectivity index is 1.20. The molecule has 11 heteroatoms. The molecular weight excluding hydrogens is 470 g/mol. The van der Waals surface area contributed by atoms with E-state index >= 15 is 0 Å². The quantitative estimate of drug-likeness (QED) is 0.545. The molecule has 0 spiro atoms. The highest BCUT2D eigenvalue weighted by Gasteiger charge is 2.31. The number of sulfonamides is 1. The molecule has 2 aromatic heterocycles. The van der Waals surface area contributed by atoms with Crippen LogP contribution in [0, 0.1) is 0 Å². The van der Waals surface area contributed by atoms with Gasteiger partial charge < -0.3 is 14.4 Å². The monoisotopic (exact) mass is 491 g/mol. The van der Waals surface area contributed by atoms with Crippen molar-refractivity contribution in [2.75, 3.05) is 39.4 Å². The third-order valence-corrected chi connectivity index (χ3v) is 8.91. The number of amides is 1. The van der Waals surface area contributed by atoms with Gasteiger partial charge in [-0.15, -0.1) is 11.3 Å². The van der Waals surface area contributed by atoms with Crippen LogP contribution in [0.25, 0.3) is 10.6 Å². The van der Waals surface area contributed by atoms with Gasteiger partial charge in [-0.3, -0.25) is 4.79 Å². The average molecular weight is 492 g/mol. The highest BCUT2D eigenvalue weighted by molar-refractivity contribution is 7.89. The summed E-state index contributed by atoms with van der Waals surface area (Å²) in [7, 11) is -3.68. The predicted octanol–water partition coefficient (Wildman–Crippen LogP) is 2.72. The van der Waals surface area contributed by atoms with Crippen LogP contribution in [0.2, 0.25) is 0 Å². The third kappa shape index (κ3) is 4.25. The van der Waals surface area contributed by atoms with Gasteiger partial charge in [-0.25, -0.2) is 13.4 Å². The maximum Gasteiger partial charge on any atom is 0.243 e. The number of nitrogens with zero attached hydrogens (tertiary/aromatic N) is 3. The number of ether oxygens (including phenoxy) is 2. The van der Waals surface area contributed by atoms with E-state index < -0.39 is 10.0 Å². The minimum atomic E-state index is -3.68. The van der Waals surface area contributed by atoms with Crippen molar-refractivity contribution in [2.45, 2.75) is 11.3 Å². The molecule has 0 aliphatic carbocycles. The molecule has 1 amide bonds. The topological polar surface area (TPSA) is 89.0 Å². The molecular formula is C21H21N3O5S3. The number of benzene rings is 1. The lowest BCUT2D eigenvalue weighted by Gasteiger charge is -2.34. The van der Waals surface area contributed by atoms with E-state index in [2.05, 4.69) is 4.98 Å². The fourth-order valence-electron chi connectivity index (χ4n) is 3.68. The van der Waals surface area contributed by atoms with Crippen LogP contribution in [-0.2, 0) is 21.2 Å². The molecule has 4 heterocycles. The molecule has 1 fully saturated rings. The van der Waals surface area contributed by atoms with Crippen LogP contribution in [0.3, 0.4) is 0 Å². The highest BCUT2D eigenvalue weighted by Crippen LogP contribution is 2.33. The van der Waals surface area contributed by atoms with E-state index in [0.29, 0.717) is 37.8 Å². The number of thiazole rings is 1. The molecule has 0 radical (unpaired) electrons. The molecule has 0 atom stereocenters. The molecule has 0 unspecified atom stereocenters. The Morgan fingerprint density at radius 3 is 2.56 bits per heavy atom. The summed E-state index contributed by atoms with van der Waals surface area (Å²) in [5.41, 5.74) is 1.81. The molecule has 3 aromatic rings. The van der Waals surface area contributed by atoms with Gasteiger partial charge in [0.05, 0.1) is 17.0 Å². The third-order valence-electron chi connectivity index (χ3n) is 5.39. The van der Waals surface area contributed by atoms with Crippen molar-refractivity contribution < 1.29 is 22.7 Å². The Morgan fingerprint density at radius 1 is 1.03 bits per heavy atom. The van der Waals surface area contributed by atoms with Crippen LogP contribution < -0.4 is 9.47 Å². The van der Waals surface area contributed by atoms with Gasteiger partial charge in [0.15, 0.2) is 11.5 Å². The fraction of sp³-hybridized carbons (Fsp3) is 0.333. The zero-order chi connectivity index (χ0) is 22.1. The molecule has 5 rings (SSSR count). The van der Waals surface area contributed by atoms with Gasteiger partial charge in [-0.2, -0.15) is 15.6 Å². The second-order valence-electron chi connectivity index (χ2n) is 7.42. The summed E-state index contributed by atoms with van der Waals surface area (Å²) in [6.45, 7) is 2.05. The summed E-state index contributed by atoms with van der Waals surface area (Å²) in [6.07, 6.45) is 0.218. The van der Waals surface area contributed by atoms with Gasteiger partial charge in [0.25, 0.3) is 0 Å². The number of hydrogen-bond acceptors (Lipinski definition) is 8. The lowest BCUT2D eigenvalue weighted by atomic mass is 10.2. The van der Waals surface area contributed by atoms with Crippen molar-refractivity contribution >= 4 is 38.6 Å². The van der Waals surface area contributed by atoms with Gasteiger partial charge in [0.1, 0.15) is 18.2 Å². The molecule has 0 N–H and O–H groups in total. The molecule has 0 saturated carbocycles. The van der Waals surface area contributed by atoms with Gasteiger partial charge >= 0.3 is 0 Å². The minimum Gasteiger partial charge on any atom is -0.486 e. The first-order valence-electron chi connectivity index (χ1n) is 10.2. The highest BCUT2D eigenvalue weighted by atomic mass is 32.2. The molecule has 8 nitrogen and oxygen atoms in total. The number of thiophene rings is 1. The zero-order valence-electron chi connectivity index (χ0n) is 17.1. The number of rotatable bonds is 5. The molecule has 32 heavy (non-hydrogen) atoms. The average Bonchev–Trinajstić information content (AvgIpc) is 3.51. The van der Waals surface area contributed by atoms with Crippen LogP contribution >= 0.6 is 22.7 Å². The van der Waals surface area contributed by atoms with E-state index in [1.807, 2.05) is 22.2 Å². The Morgan fingerprint density at radius 2 is 1.81 bits per heavy atom. The number of carbonyl (C=O) groups excluding carboxylic acids is 1. The summed E-state index contributed by atoms with van der Waals surface area (Å²) >= 11 is 3.14. The summed E-state index contributed by atoms with van der Waals surface area (Å²) in [5, 5.41) is 6.85. The van der Waals surface area contributed by atoms with Crippen LogP contribution in [0.15, 0.2) is 45.3 Å². The Bertz CT molecular complexity index is 1220. The van der Waals surface area contributed by atoms with Crippen molar-refractivity contribution in [3.05, 3.63) is 46.1 Å². The number of hydrogen-bond donors (Lipinski definition) is 0. The summed E-state index contributed by atoms with van der Waals surface area (Å²) in [6, 6.07) is 6.68. The molecule has 1 saturated heterocycles. The van der Waals surface area contributed by atoms with E-state index in [1.54, 1.807) is 22.3 Å². The van der Waals surface area contributed by atoms with Crippen molar-refractivity contribution in [1.82, 2.24) is 14.2 Å². The van der Waals surface area contributed by atoms with Crippen LogP contribution in [0.1, 0.15) is 5.69 Å². The Kier molecular flexibility index (Phi) is 5.89. The Labute approximate surface area is 194 Å². The fourth-order valence-corrected chi connectivity index (χ4v) is 6.65. The SMILES string of the molecule is O=C(Cc1csc(-c2ccsc2)n1)N1CCN(S(=O)(=O)c2ccc3c(c2)OCCO3)CC1. The first kappa shape index (κ1) is 21.4. The minimum absolute atomic E-state index is 0.0384. The van der Waals surface area contributed by atoms with Crippen molar-refractivity contribution in [1.29, 1.82) is 0 Å². The van der Waals surface area contributed by atoms with E-state index in [1.165, 1.54) is 27.8 Å². The number of aromatic nitrogens is 1. The second kappa shape index (κ2) is 8.81. The smallest absolute Gasteiger partial charge is 0.243 e. The zero-order valence-corrected chi connectivity index (χ0v) is 19.5. The summed E-state index contributed by atoms with van der Waals surface area (Å²) in [4.78, 5) is 19.2. The first-order chi connectivity index (χ1) is 15.5. The summed E-state index contributed by atoms with van der Waals surface area (Å²) in [5.74, 6) is 0.953. The molecule has 2 aliphatic rings. The van der Waals surface area contributed by atoms with Gasteiger partial charge in [-0.1, -0.05) is 0 Å². The lowest BCUT2D eigenvalue weighted by Crippen LogP contribution is -2.50. The van der Waals surface area contributed by atoms with Crippen LogP contribution in [-0.4, -0.2) is 67.9 Å². The molecule has 0 bridgehead atoms. The standard InChI is InChI=1S/C21H21N3O5S3/c25-20(11-16-14-31-21(22-16)15-3-10-30-13-15)23-4-6-24(7-5-23)32(26,27)17-1-2-18-19(12-17)29-9-8-28-18/h1-3,10,12-14H,4-9,11H2. The first-order valence-corrected chi connectivity index (χ1v) is 13.4. The van der Waals surface area contributed by atoms with E-state index in [-0.39, 0.29) is 30.3 Å². The van der Waals surface area contributed by atoms with Crippen molar-refractivity contribution in [3.8, 4) is 22.1 Å². The van der Waals surface area contributed by atoms with Gasteiger partial charge in [0.2, 0.25) is 15.9 Å². The van der Waals surface area contributed by atoms with Crippen LogP contribution in [0.4, 0.5) is 0 Å². The van der Waals surface area contributed by atoms with Crippen LogP contribution in [0.5, 0.6) is 11.5 Å². The van der Waals surface area contributed by atoms with Crippen molar-refractivity contribution in [3.63, 3.8) is 0 Å². The van der Waals surface area contributed by atoms with Crippen molar-refractivity contribution in [2.24, 2.45) is 0 Å². The second-order valence-corrected chi connectivity index (χ2v) is 11.0.